The van der Waals surface area contributed by atoms with Crippen LogP contribution in [-0.4, -0.2) is 58.5 Å². The van der Waals surface area contributed by atoms with E-state index < -0.39 is 0 Å². The van der Waals surface area contributed by atoms with Crippen LogP contribution in [-0.2, 0) is 4.74 Å². The van der Waals surface area contributed by atoms with E-state index in [4.69, 9.17) is 4.74 Å². The molecule has 0 saturated carbocycles. The first kappa shape index (κ1) is 23.4. The summed E-state index contributed by atoms with van der Waals surface area (Å²) < 4.78 is 5.98. The van der Waals surface area contributed by atoms with Crippen molar-refractivity contribution < 1.29 is 14.3 Å². The van der Waals surface area contributed by atoms with Crippen molar-refractivity contribution in [2.24, 2.45) is 5.92 Å². The summed E-state index contributed by atoms with van der Waals surface area (Å²) in [7, 11) is 0. The highest BCUT2D eigenvalue weighted by molar-refractivity contribution is 5.97. The van der Waals surface area contributed by atoms with Gasteiger partial charge in [0.15, 0.2) is 5.78 Å². The molecule has 7 nitrogen and oxygen atoms in total. The number of carbonyl (C=O) groups is 2. The lowest BCUT2D eigenvalue weighted by Gasteiger charge is -2.37. The number of Topliss-reactive ketones (excluding diaryl/α,β-unsaturated/α-hetero) is 1. The molecule has 3 aliphatic heterocycles. The van der Waals surface area contributed by atoms with E-state index in [-0.39, 0.29) is 35.8 Å². The summed E-state index contributed by atoms with van der Waals surface area (Å²) in [6, 6.07) is 16.9. The Balaban J connectivity index is 1.01. The van der Waals surface area contributed by atoms with Crippen LogP contribution in [0.3, 0.4) is 0 Å². The third-order valence-electron chi connectivity index (χ3n) is 8.96. The van der Waals surface area contributed by atoms with E-state index in [2.05, 4.69) is 51.3 Å². The van der Waals surface area contributed by atoms with Crippen molar-refractivity contribution in [3.8, 4) is 11.1 Å². The molecule has 194 valence electrons. The summed E-state index contributed by atoms with van der Waals surface area (Å²) in [6.07, 6.45) is 8.63. The minimum atomic E-state index is -0.247. The molecule has 3 fully saturated rings. The average Bonchev–Trinajstić information content (AvgIpc) is 3.67. The lowest BCUT2D eigenvalue weighted by molar-refractivity contribution is 0.0505. The lowest BCUT2D eigenvalue weighted by Crippen LogP contribution is -2.48. The number of ether oxygens (including phenoxy) is 1. The maximum Gasteiger partial charge on any atom is 0.410 e. The zero-order chi connectivity index (χ0) is 25.6. The molecule has 1 aromatic heterocycles. The van der Waals surface area contributed by atoms with Crippen molar-refractivity contribution in [2.75, 3.05) is 24.6 Å². The molecule has 7 heteroatoms. The Morgan fingerprint density at radius 1 is 0.842 bits per heavy atom. The highest BCUT2D eigenvalue weighted by Gasteiger charge is 2.46. The minimum Gasteiger partial charge on any atom is -0.448 e. The molecule has 38 heavy (non-hydrogen) atoms. The Labute approximate surface area is 222 Å². The van der Waals surface area contributed by atoms with Gasteiger partial charge < -0.3 is 14.5 Å². The van der Waals surface area contributed by atoms with Crippen LogP contribution >= 0.6 is 0 Å². The van der Waals surface area contributed by atoms with Crippen LogP contribution in [0.1, 0.15) is 65.9 Å². The third-order valence-corrected chi connectivity index (χ3v) is 8.96. The fourth-order valence-electron chi connectivity index (χ4n) is 7.12. The van der Waals surface area contributed by atoms with Crippen molar-refractivity contribution in [3.05, 3.63) is 77.6 Å². The van der Waals surface area contributed by atoms with Crippen LogP contribution in [0.5, 0.6) is 0 Å². The van der Waals surface area contributed by atoms with E-state index in [1.165, 1.54) is 22.3 Å². The number of anilines is 1. The Hall–Kier alpha value is -3.74. The Kier molecular flexibility index (Phi) is 5.87. The predicted molar refractivity (Wildman–Crippen MR) is 144 cm³/mol. The SMILES string of the molecule is O=C(c1cnc(N2CCCC2)nc1)C1CC2CCC(C1)N2C(=O)OCC1c2ccccc2-c2ccccc21. The van der Waals surface area contributed by atoms with Gasteiger partial charge in [0.05, 0.1) is 5.56 Å². The lowest BCUT2D eigenvalue weighted by atomic mass is 9.85. The number of hydrogen-bond donors (Lipinski definition) is 0. The normalized spacial score (nSPS) is 23.8. The molecule has 7 rings (SSSR count). The Morgan fingerprint density at radius 2 is 1.42 bits per heavy atom. The van der Waals surface area contributed by atoms with E-state index in [9.17, 15) is 9.59 Å². The van der Waals surface area contributed by atoms with Crippen molar-refractivity contribution in [1.29, 1.82) is 0 Å². The topological polar surface area (TPSA) is 75.6 Å². The molecule has 1 aliphatic carbocycles. The molecule has 3 saturated heterocycles. The number of fused-ring (bicyclic) bond motifs is 5. The maximum absolute atomic E-state index is 13.3. The second-order valence-electron chi connectivity index (χ2n) is 11.1. The van der Waals surface area contributed by atoms with E-state index in [1.54, 1.807) is 12.4 Å². The standard InChI is InChI=1S/C31H32N4O3/c36-29(21-17-32-30(33-18-21)34-13-5-6-14-34)20-15-22-11-12-23(16-20)35(22)31(37)38-19-28-26-9-3-1-7-24(26)25-8-2-4-10-27(25)28/h1-4,7-10,17-18,20,22-23,28H,5-6,11-16,19H2. The molecule has 0 N–H and O–H groups in total. The smallest absolute Gasteiger partial charge is 0.410 e. The zero-order valence-corrected chi connectivity index (χ0v) is 21.5. The third kappa shape index (κ3) is 3.96. The number of piperidine rings is 1. The van der Waals surface area contributed by atoms with Crippen LogP contribution in [0.25, 0.3) is 11.1 Å². The van der Waals surface area contributed by atoms with E-state index in [1.807, 2.05) is 17.0 Å². The van der Waals surface area contributed by atoms with Gasteiger partial charge in [0.2, 0.25) is 5.95 Å². The van der Waals surface area contributed by atoms with Gasteiger partial charge in [-0.15, -0.1) is 0 Å². The summed E-state index contributed by atoms with van der Waals surface area (Å²) in [5, 5.41) is 0. The fraction of sp³-hybridized carbons (Fsp3) is 0.419. The molecular weight excluding hydrogens is 476 g/mol. The van der Waals surface area contributed by atoms with Crippen molar-refractivity contribution in [2.45, 2.75) is 56.5 Å². The van der Waals surface area contributed by atoms with Gasteiger partial charge >= 0.3 is 6.09 Å². The molecule has 1 amide bonds. The second kappa shape index (κ2) is 9.53. The van der Waals surface area contributed by atoms with Gasteiger partial charge in [-0.3, -0.25) is 4.79 Å². The number of nitrogens with zero attached hydrogens (tertiary/aromatic N) is 4. The highest BCUT2D eigenvalue weighted by Crippen LogP contribution is 2.45. The Bertz CT molecular complexity index is 1310. The van der Waals surface area contributed by atoms with Crippen LogP contribution in [0.2, 0.25) is 0 Å². The van der Waals surface area contributed by atoms with Crippen molar-refractivity contribution in [1.82, 2.24) is 14.9 Å². The summed E-state index contributed by atoms with van der Waals surface area (Å²) in [5.74, 6) is 0.754. The first-order chi connectivity index (χ1) is 18.7. The predicted octanol–water partition coefficient (Wildman–Crippen LogP) is 5.45. The molecule has 2 unspecified atom stereocenters. The monoisotopic (exact) mass is 508 g/mol. The van der Waals surface area contributed by atoms with Gasteiger partial charge in [-0.1, -0.05) is 48.5 Å². The minimum absolute atomic E-state index is 0.0446. The van der Waals surface area contributed by atoms with Crippen LogP contribution in [0.15, 0.2) is 60.9 Å². The van der Waals surface area contributed by atoms with Crippen LogP contribution in [0, 0.1) is 5.92 Å². The summed E-state index contributed by atoms with van der Waals surface area (Å²) in [4.78, 5) is 39.7. The fourth-order valence-corrected chi connectivity index (χ4v) is 7.12. The first-order valence-electron chi connectivity index (χ1n) is 13.9. The number of ketones is 1. The molecule has 0 radical (unpaired) electrons. The summed E-state index contributed by atoms with van der Waals surface area (Å²) in [6.45, 7) is 2.28. The maximum atomic E-state index is 13.3. The van der Waals surface area contributed by atoms with E-state index in [0.29, 0.717) is 31.0 Å². The number of benzene rings is 2. The van der Waals surface area contributed by atoms with E-state index >= 15 is 0 Å². The van der Waals surface area contributed by atoms with Gasteiger partial charge in [-0.25, -0.2) is 14.8 Å². The largest absolute Gasteiger partial charge is 0.448 e. The van der Waals surface area contributed by atoms with Crippen LogP contribution in [0.4, 0.5) is 10.7 Å². The molecule has 3 aromatic rings. The molecule has 4 aliphatic rings. The molecular formula is C31H32N4O3. The van der Waals surface area contributed by atoms with E-state index in [0.717, 1.165) is 38.8 Å². The highest BCUT2D eigenvalue weighted by atomic mass is 16.6. The quantitative estimate of drug-likeness (QED) is 0.427. The molecule has 0 spiro atoms. The molecule has 2 bridgehead atoms. The Morgan fingerprint density at radius 3 is 2.03 bits per heavy atom. The van der Waals surface area contributed by atoms with Gasteiger partial charge in [0, 0.05) is 49.4 Å². The van der Waals surface area contributed by atoms with Crippen LogP contribution < -0.4 is 4.90 Å². The number of amides is 1. The first-order valence-corrected chi connectivity index (χ1v) is 13.9. The molecule has 2 atom stereocenters. The van der Waals surface area contributed by atoms with Crippen molar-refractivity contribution >= 4 is 17.8 Å². The van der Waals surface area contributed by atoms with Gasteiger partial charge in [-0.2, -0.15) is 0 Å². The number of rotatable bonds is 5. The summed E-state index contributed by atoms with van der Waals surface area (Å²) in [5.41, 5.74) is 5.45. The molecule has 2 aromatic carbocycles. The van der Waals surface area contributed by atoms with Gasteiger partial charge in [-0.05, 0) is 60.8 Å². The average molecular weight is 509 g/mol. The summed E-state index contributed by atoms with van der Waals surface area (Å²) >= 11 is 0. The van der Waals surface area contributed by atoms with Gasteiger partial charge in [0.1, 0.15) is 6.61 Å². The number of hydrogen-bond acceptors (Lipinski definition) is 6. The van der Waals surface area contributed by atoms with Crippen molar-refractivity contribution in [3.63, 3.8) is 0 Å². The number of aromatic nitrogens is 2. The molecule has 4 heterocycles. The van der Waals surface area contributed by atoms with Gasteiger partial charge in [0.25, 0.3) is 0 Å². The second-order valence-corrected chi connectivity index (χ2v) is 11.1. The zero-order valence-electron chi connectivity index (χ0n) is 21.5. The number of carbonyl (C=O) groups excluding carboxylic acids is 2.